The molecule has 0 saturated carbocycles. The number of pyridine rings is 1. The molecule has 0 spiro atoms. The van der Waals surface area contributed by atoms with Crippen LogP contribution in [0, 0.1) is 6.92 Å². The predicted molar refractivity (Wildman–Crippen MR) is 132 cm³/mol. The summed E-state index contributed by atoms with van der Waals surface area (Å²) in [6, 6.07) is 34.6. The zero-order chi connectivity index (χ0) is 20.5. The molecule has 1 unspecified atom stereocenters. The number of benzene rings is 4. The van der Waals surface area contributed by atoms with Gasteiger partial charge in [0.25, 0.3) is 0 Å². The average Bonchev–Trinajstić information content (AvgIpc) is 2.79. The maximum atomic E-state index is 4.69. The van der Waals surface area contributed by atoms with Crippen molar-refractivity contribution in [2.24, 2.45) is 0 Å². The van der Waals surface area contributed by atoms with Gasteiger partial charge < -0.3 is 0 Å². The second kappa shape index (κ2) is 7.86. The minimum absolute atomic E-state index is 1.00. The van der Waals surface area contributed by atoms with Gasteiger partial charge in [-0.15, -0.1) is 9.24 Å². The van der Waals surface area contributed by atoms with Crippen LogP contribution in [0.1, 0.15) is 5.56 Å². The fraction of sp³-hybridized carbons (Fsp3) is 0.0357. The summed E-state index contributed by atoms with van der Waals surface area (Å²) >= 11 is 0. The fourth-order valence-electron chi connectivity index (χ4n) is 3.74. The van der Waals surface area contributed by atoms with Crippen LogP contribution in [0.3, 0.4) is 0 Å². The summed E-state index contributed by atoms with van der Waals surface area (Å²) < 4.78 is 0. The third-order valence-corrected chi connectivity index (χ3v) is 5.91. The van der Waals surface area contributed by atoms with Crippen molar-refractivity contribution in [3.05, 3.63) is 109 Å². The van der Waals surface area contributed by atoms with Crippen LogP contribution in [-0.4, -0.2) is 4.98 Å². The molecular formula is C28H22NP. The molecule has 0 N–H and O–H groups in total. The van der Waals surface area contributed by atoms with Gasteiger partial charge in [0.15, 0.2) is 0 Å². The first-order valence-electron chi connectivity index (χ1n) is 10.1. The van der Waals surface area contributed by atoms with E-state index in [9.17, 15) is 0 Å². The largest absolute Gasteiger partial charge is 0.256 e. The van der Waals surface area contributed by atoms with Gasteiger partial charge in [0, 0.05) is 17.3 Å². The van der Waals surface area contributed by atoms with Crippen LogP contribution in [0.25, 0.3) is 44.3 Å². The molecule has 30 heavy (non-hydrogen) atoms. The molecule has 0 amide bonds. The van der Waals surface area contributed by atoms with E-state index in [1.165, 1.54) is 38.3 Å². The van der Waals surface area contributed by atoms with Gasteiger partial charge in [0.05, 0.1) is 5.69 Å². The number of rotatable bonds is 3. The third-order valence-electron chi connectivity index (χ3n) is 5.53. The molecule has 0 aliphatic rings. The van der Waals surface area contributed by atoms with E-state index in [1.54, 1.807) is 0 Å². The van der Waals surface area contributed by atoms with E-state index in [-0.39, 0.29) is 0 Å². The Kier molecular flexibility index (Phi) is 4.91. The molecule has 0 aliphatic carbocycles. The van der Waals surface area contributed by atoms with Crippen LogP contribution in [-0.2, 0) is 0 Å². The zero-order valence-electron chi connectivity index (χ0n) is 16.8. The molecule has 1 heterocycles. The van der Waals surface area contributed by atoms with Gasteiger partial charge in [-0.25, -0.2) is 0 Å². The monoisotopic (exact) mass is 403 g/mol. The lowest BCUT2D eigenvalue weighted by Crippen LogP contribution is -1.88. The fourth-order valence-corrected chi connectivity index (χ4v) is 3.93. The van der Waals surface area contributed by atoms with Gasteiger partial charge in [0.1, 0.15) is 0 Å². The third kappa shape index (κ3) is 3.77. The van der Waals surface area contributed by atoms with Gasteiger partial charge >= 0.3 is 0 Å². The number of nitrogens with zero attached hydrogens (tertiary/aromatic N) is 1. The van der Waals surface area contributed by atoms with Crippen LogP contribution in [0.15, 0.2) is 103 Å². The quantitative estimate of drug-likeness (QED) is 0.294. The molecule has 144 valence electrons. The lowest BCUT2D eigenvalue weighted by Gasteiger charge is -2.08. The summed E-state index contributed by atoms with van der Waals surface area (Å²) in [6.45, 7) is 2.10. The Morgan fingerprint density at radius 2 is 1.07 bits per heavy atom. The molecule has 1 nitrogen and oxygen atoms in total. The van der Waals surface area contributed by atoms with Crippen LogP contribution in [0.4, 0.5) is 0 Å². The van der Waals surface area contributed by atoms with Crippen molar-refractivity contribution in [1.82, 2.24) is 4.98 Å². The smallest absolute Gasteiger partial charge is 0.0702 e. The van der Waals surface area contributed by atoms with E-state index < -0.39 is 0 Å². The zero-order valence-corrected chi connectivity index (χ0v) is 18.0. The van der Waals surface area contributed by atoms with Gasteiger partial charge in [0.2, 0.25) is 0 Å². The van der Waals surface area contributed by atoms with E-state index in [1.807, 2.05) is 6.20 Å². The summed E-state index contributed by atoms with van der Waals surface area (Å²) in [4.78, 5) is 4.69. The number of aryl methyl sites for hydroxylation is 1. The van der Waals surface area contributed by atoms with Gasteiger partial charge in [-0.05, 0) is 57.9 Å². The second-order valence-corrected chi connectivity index (χ2v) is 8.36. The second-order valence-electron chi connectivity index (χ2n) is 7.70. The number of hydrogen-bond acceptors (Lipinski definition) is 1. The van der Waals surface area contributed by atoms with Crippen molar-refractivity contribution in [3.8, 4) is 33.5 Å². The Morgan fingerprint density at radius 3 is 1.67 bits per heavy atom. The highest BCUT2D eigenvalue weighted by Gasteiger charge is 2.05. The maximum Gasteiger partial charge on any atom is 0.0702 e. The molecule has 4 aromatic carbocycles. The highest BCUT2D eigenvalue weighted by Crippen LogP contribution is 2.29. The Balaban J connectivity index is 1.45. The minimum atomic E-state index is 1.00. The first-order valence-corrected chi connectivity index (χ1v) is 10.7. The molecule has 0 fully saturated rings. The predicted octanol–water partition coefficient (Wildman–Crippen LogP) is 7.04. The van der Waals surface area contributed by atoms with E-state index in [0.29, 0.717) is 0 Å². The Labute approximate surface area is 179 Å². The summed E-state index contributed by atoms with van der Waals surface area (Å²) in [6.07, 6.45) is 1.97. The molecule has 0 aliphatic heterocycles. The number of hydrogen-bond donors (Lipinski definition) is 0. The van der Waals surface area contributed by atoms with Crippen LogP contribution in [0.5, 0.6) is 0 Å². The summed E-state index contributed by atoms with van der Waals surface area (Å²) in [5, 5.41) is 3.68. The molecule has 5 rings (SSSR count). The van der Waals surface area contributed by atoms with E-state index in [0.717, 1.165) is 16.8 Å². The van der Waals surface area contributed by atoms with Crippen molar-refractivity contribution in [1.29, 1.82) is 0 Å². The van der Waals surface area contributed by atoms with Crippen molar-refractivity contribution >= 4 is 25.3 Å². The van der Waals surface area contributed by atoms with Crippen LogP contribution < -0.4 is 5.30 Å². The first kappa shape index (κ1) is 18.7. The molecule has 0 bridgehead atoms. The molecular weight excluding hydrogens is 381 g/mol. The van der Waals surface area contributed by atoms with E-state index in [2.05, 4.69) is 113 Å². The topological polar surface area (TPSA) is 12.9 Å². The molecule has 5 aromatic rings. The average molecular weight is 403 g/mol. The number of aromatic nitrogens is 1. The Bertz CT molecular complexity index is 1320. The van der Waals surface area contributed by atoms with Crippen LogP contribution >= 0.6 is 9.24 Å². The number of fused-ring (bicyclic) bond motifs is 1. The van der Waals surface area contributed by atoms with Crippen molar-refractivity contribution in [2.75, 3.05) is 0 Å². The standard InChI is InChI=1S/C28H22NP/c1-19-2-4-21(5-3-19)28-15-12-26(18-29-28)25-9-8-23-16-22(6-7-24(23)17-25)20-10-13-27(30)14-11-20/h2-18H,30H2,1H3. The summed E-state index contributed by atoms with van der Waals surface area (Å²) in [7, 11) is 2.73. The van der Waals surface area contributed by atoms with Crippen molar-refractivity contribution in [2.45, 2.75) is 6.92 Å². The normalized spacial score (nSPS) is 11.0. The van der Waals surface area contributed by atoms with E-state index in [4.69, 9.17) is 4.98 Å². The Hall–Kier alpha value is -3.28. The van der Waals surface area contributed by atoms with Crippen LogP contribution in [0.2, 0.25) is 0 Å². The van der Waals surface area contributed by atoms with E-state index >= 15 is 0 Å². The maximum absolute atomic E-state index is 4.69. The summed E-state index contributed by atoms with van der Waals surface area (Å²) in [5.74, 6) is 0. The molecule has 0 radical (unpaired) electrons. The minimum Gasteiger partial charge on any atom is -0.256 e. The van der Waals surface area contributed by atoms with Gasteiger partial charge in [-0.2, -0.15) is 0 Å². The van der Waals surface area contributed by atoms with Gasteiger partial charge in [-0.1, -0.05) is 84.4 Å². The van der Waals surface area contributed by atoms with Gasteiger partial charge in [-0.3, -0.25) is 4.98 Å². The highest BCUT2D eigenvalue weighted by atomic mass is 31.0. The lowest BCUT2D eigenvalue weighted by atomic mass is 9.98. The summed E-state index contributed by atoms with van der Waals surface area (Å²) in [5.41, 5.74) is 8.20. The Morgan fingerprint density at radius 1 is 0.533 bits per heavy atom. The molecule has 1 atom stereocenters. The highest BCUT2D eigenvalue weighted by molar-refractivity contribution is 7.27. The lowest BCUT2D eigenvalue weighted by molar-refractivity contribution is 1.32. The first-order chi connectivity index (χ1) is 14.7. The molecule has 1 aromatic heterocycles. The molecule has 0 saturated heterocycles. The molecule has 2 heteroatoms. The SMILES string of the molecule is Cc1ccc(-c2ccc(-c3ccc4cc(-c5ccc(P)cc5)ccc4c3)cn2)cc1. The van der Waals surface area contributed by atoms with Crippen molar-refractivity contribution < 1.29 is 0 Å². The van der Waals surface area contributed by atoms with Crippen molar-refractivity contribution in [3.63, 3.8) is 0 Å².